The van der Waals surface area contributed by atoms with Gasteiger partial charge in [-0.1, -0.05) is 27.2 Å². The van der Waals surface area contributed by atoms with Crippen LogP contribution in [0.4, 0.5) is 0 Å². The number of carboxylic acids is 1. The molecule has 0 saturated carbocycles. The molecule has 1 amide bonds. The van der Waals surface area contributed by atoms with E-state index < -0.39 is 33.4 Å². The summed E-state index contributed by atoms with van der Waals surface area (Å²) in [6.07, 6.45) is 1.15. The number of sulfone groups is 1. The number of carbonyl (C=O) groups excluding carboxylic acids is 1. The molecule has 6 nitrogen and oxygen atoms in total. The maximum atomic E-state index is 11.6. The Balaban J connectivity index is 4.28. The van der Waals surface area contributed by atoms with Crippen LogP contribution in [0.3, 0.4) is 0 Å². The molecular weight excluding hydrogens is 270 g/mol. The van der Waals surface area contributed by atoms with E-state index in [-0.39, 0.29) is 18.2 Å². The predicted octanol–water partition coefficient (Wildman–Crippen LogP) is 0.674. The quantitative estimate of drug-likeness (QED) is 0.651. The summed E-state index contributed by atoms with van der Waals surface area (Å²) in [6.45, 7) is 5.35. The van der Waals surface area contributed by atoms with Crippen molar-refractivity contribution in [2.45, 2.75) is 33.6 Å². The number of amides is 1. The third-order valence-corrected chi connectivity index (χ3v) is 4.35. The summed E-state index contributed by atoms with van der Waals surface area (Å²) in [5, 5.41) is 11.3. The van der Waals surface area contributed by atoms with Crippen molar-refractivity contribution >= 4 is 21.7 Å². The van der Waals surface area contributed by atoms with Crippen LogP contribution in [0.2, 0.25) is 0 Å². The van der Waals surface area contributed by atoms with Gasteiger partial charge in [0.15, 0.2) is 9.84 Å². The van der Waals surface area contributed by atoms with Gasteiger partial charge in [0.2, 0.25) is 5.91 Å². The minimum Gasteiger partial charge on any atom is -0.481 e. The first kappa shape index (κ1) is 17.9. The first-order valence-electron chi connectivity index (χ1n) is 6.37. The molecule has 0 rings (SSSR count). The molecule has 0 aliphatic heterocycles. The number of carbonyl (C=O) groups is 2. The number of nitrogens with one attached hydrogen (secondary N) is 1. The molecule has 0 aliphatic rings. The molecule has 0 fully saturated rings. The molecule has 1 atom stereocenters. The molecule has 0 aromatic carbocycles. The van der Waals surface area contributed by atoms with Gasteiger partial charge in [-0.05, 0) is 12.3 Å². The second-order valence-electron chi connectivity index (χ2n) is 5.08. The lowest BCUT2D eigenvalue weighted by Crippen LogP contribution is -2.37. The number of hydrogen-bond donors (Lipinski definition) is 2. The minimum atomic E-state index is -3.42. The van der Waals surface area contributed by atoms with Crippen molar-refractivity contribution in [3.05, 3.63) is 0 Å². The summed E-state index contributed by atoms with van der Waals surface area (Å²) >= 11 is 0. The summed E-state index contributed by atoms with van der Waals surface area (Å²) in [4.78, 5) is 22.4. The monoisotopic (exact) mass is 293 g/mol. The van der Waals surface area contributed by atoms with Crippen molar-refractivity contribution < 1.29 is 23.1 Å². The molecule has 2 N–H and O–H groups in total. The van der Waals surface area contributed by atoms with Gasteiger partial charge in [-0.25, -0.2) is 8.42 Å². The smallest absolute Gasteiger partial charge is 0.308 e. The van der Waals surface area contributed by atoms with Crippen LogP contribution >= 0.6 is 0 Å². The Hall–Kier alpha value is -1.11. The fourth-order valence-corrected chi connectivity index (χ4v) is 3.35. The molecular formula is C12H23NO5S. The summed E-state index contributed by atoms with van der Waals surface area (Å²) in [6, 6.07) is 0. The molecule has 0 heterocycles. The summed E-state index contributed by atoms with van der Waals surface area (Å²) in [7, 11) is -3.42. The van der Waals surface area contributed by atoms with Crippen LogP contribution in [0, 0.1) is 11.8 Å². The lowest BCUT2D eigenvalue weighted by Gasteiger charge is -2.12. The molecule has 0 aromatic rings. The third kappa shape index (κ3) is 8.58. The number of carboxylic acid groups (broad SMARTS) is 1. The fraction of sp³-hybridized carbons (Fsp3) is 0.833. The second kappa shape index (κ2) is 8.14. The van der Waals surface area contributed by atoms with E-state index in [0.717, 1.165) is 0 Å². The molecule has 0 aliphatic carbocycles. The van der Waals surface area contributed by atoms with E-state index in [1.165, 1.54) is 0 Å². The van der Waals surface area contributed by atoms with E-state index in [0.29, 0.717) is 12.8 Å². The van der Waals surface area contributed by atoms with Crippen molar-refractivity contribution in [3.63, 3.8) is 0 Å². The zero-order valence-corrected chi connectivity index (χ0v) is 12.5. The van der Waals surface area contributed by atoms with Crippen LogP contribution in [0.5, 0.6) is 0 Å². The number of hydrogen-bond acceptors (Lipinski definition) is 4. The summed E-state index contributed by atoms with van der Waals surface area (Å²) < 4.78 is 23.2. The Morgan fingerprint density at radius 2 is 1.84 bits per heavy atom. The van der Waals surface area contributed by atoms with Crippen LogP contribution in [0.1, 0.15) is 33.6 Å². The van der Waals surface area contributed by atoms with Crippen LogP contribution < -0.4 is 5.32 Å². The molecule has 0 radical (unpaired) electrons. The second-order valence-corrected chi connectivity index (χ2v) is 7.19. The van der Waals surface area contributed by atoms with Gasteiger partial charge >= 0.3 is 5.97 Å². The average molecular weight is 293 g/mol. The Labute approximate surface area is 114 Å². The van der Waals surface area contributed by atoms with Gasteiger partial charge in [-0.3, -0.25) is 9.59 Å². The van der Waals surface area contributed by atoms with E-state index in [1.807, 2.05) is 6.92 Å². The molecule has 7 heteroatoms. The maximum absolute atomic E-state index is 11.6. The van der Waals surface area contributed by atoms with Crippen LogP contribution in [0.15, 0.2) is 0 Å². The minimum absolute atomic E-state index is 0.0286. The van der Waals surface area contributed by atoms with Gasteiger partial charge < -0.3 is 10.4 Å². The predicted molar refractivity (Wildman–Crippen MR) is 72.5 cm³/mol. The molecule has 0 spiro atoms. The van der Waals surface area contributed by atoms with Gasteiger partial charge in [0.1, 0.15) is 5.75 Å². The number of rotatable bonds is 9. The Morgan fingerprint density at radius 3 is 2.26 bits per heavy atom. The lowest BCUT2D eigenvalue weighted by molar-refractivity contribution is -0.141. The molecule has 0 aromatic heterocycles. The molecule has 112 valence electrons. The highest BCUT2D eigenvalue weighted by Gasteiger charge is 2.21. The van der Waals surface area contributed by atoms with Crippen LogP contribution in [-0.2, 0) is 19.4 Å². The first-order valence-corrected chi connectivity index (χ1v) is 8.20. The van der Waals surface area contributed by atoms with E-state index in [2.05, 4.69) is 5.32 Å². The van der Waals surface area contributed by atoms with Crippen LogP contribution in [-0.4, -0.2) is 43.5 Å². The molecule has 0 saturated heterocycles. The third-order valence-electron chi connectivity index (χ3n) is 2.47. The van der Waals surface area contributed by atoms with E-state index in [1.54, 1.807) is 13.8 Å². The van der Waals surface area contributed by atoms with Gasteiger partial charge in [-0.15, -0.1) is 0 Å². The molecule has 1 unspecified atom stereocenters. The number of aliphatic carboxylic acids is 1. The average Bonchev–Trinajstić information content (AvgIpc) is 2.20. The largest absolute Gasteiger partial charge is 0.481 e. The van der Waals surface area contributed by atoms with Crippen molar-refractivity contribution in [1.29, 1.82) is 0 Å². The van der Waals surface area contributed by atoms with Gasteiger partial charge in [0, 0.05) is 6.54 Å². The topological polar surface area (TPSA) is 101 Å². The van der Waals surface area contributed by atoms with Crippen molar-refractivity contribution in [1.82, 2.24) is 5.32 Å². The lowest BCUT2D eigenvalue weighted by atomic mass is 10.0. The summed E-state index contributed by atoms with van der Waals surface area (Å²) in [5.41, 5.74) is 0. The molecule has 19 heavy (non-hydrogen) atoms. The van der Waals surface area contributed by atoms with E-state index >= 15 is 0 Å². The highest BCUT2D eigenvalue weighted by molar-refractivity contribution is 7.92. The van der Waals surface area contributed by atoms with Crippen molar-refractivity contribution in [2.75, 3.05) is 18.1 Å². The van der Waals surface area contributed by atoms with Crippen molar-refractivity contribution in [3.8, 4) is 0 Å². The fourth-order valence-electron chi connectivity index (χ4n) is 1.72. The maximum Gasteiger partial charge on any atom is 0.308 e. The Morgan fingerprint density at radius 1 is 1.26 bits per heavy atom. The first-order chi connectivity index (χ1) is 8.68. The SMILES string of the molecule is CCCC(CNC(=O)CS(=O)(=O)CC(C)C)C(=O)O. The normalized spacial score (nSPS) is 13.3. The Kier molecular flexibility index (Phi) is 7.66. The molecule has 0 bridgehead atoms. The van der Waals surface area contributed by atoms with Crippen molar-refractivity contribution in [2.24, 2.45) is 11.8 Å². The van der Waals surface area contributed by atoms with E-state index in [9.17, 15) is 18.0 Å². The highest BCUT2D eigenvalue weighted by atomic mass is 32.2. The summed E-state index contributed by atoms with van der Waals surface area (Å²) in [5.74, 6) is -2.94. The van der Waals surface area contributed by atoms with Gasteiger partial charge in [0.05, 0.1) is 11.7 Å². The van der Waals surface area contributed by atoms with Crippen LogP contribution in [0.25, 0.3) is 0 Å². The zero-order chi connectivity index (χ0) is 15.1. The van der Waals surface area contributed by atoms with E-state index in [4.69, 9.17) is 5.11 Å². The highest BCUT2D eigenvalue weighted by Crippen LogP contribution is 2.05. The zero-order valence-electron chi connectivity index (χ0n) is 11.7. The van der Waals surface area contributed by atoms with Gasteiger partial charge in [0.25, 0.3) is 0 Å². The van der Waals surface area contributed by atoms with Gasteiger partial charge in [-0.2, -0.15) is 0 Å². The standard InChI is InChI=1S/C12H23NO5S/c1-4-5-10(12(15)16)6-13-11(14)8-19(17,18)7-9(2)3/h9-10H,4-8H2,1-3H3,(H,13,14)(H,15,16). The Bertz CT molecular complexity index is 402.